The van der Waals surface area contributed by atoms with Crippen LogP contribution in [0.15, 0.2) is 12.7 Å². The minimum absolute atomic E-state index is 0.743. The van der Waals surface area contributed by atoms with Crippen molar-refractivity contribution >= 4 is 0 Å². The van der Waals surface area contributed by atoms with E-state index in [4.69, 9.17) is 4.84 Å². The van der Waals surface area contributed by atoms with E-state index in [1.54, 1.807) is 0 Å². The second kappa shape index (κ2) is 9.66. The van der Waals surface area contributed by atoms with Crippen molar-refractivity contribution < 1.29 is 4.84 Å². The van der Waals surface area contributed by atoms with Crippen molar-refractivity contribution in [1.82, 2.24) is 5.48 Å². The Hall–Kier alpha value is -0.340. The van der Waals surface area contributed by atoms with Gasteiger partial charge in [0.2, 0.25) is 0 Å². The molecule has 0 aliphatic rings. The van der Waals surface area contributed by atoms with E-state index in [-0.39, 0.29) is 0 Å². The van der Waals surface area contributed by atoms with Gasteiger partial charge in [-0.25, -0.2) is 5.48 Å². The first-order chi connectivity index (χ1) is 5.41. The Labute approximate surface area is 69.6 Å². The Morgan fingerprint density at radius 2 is 2.18 bits per heavy atom. The van der Waals surface area contributed by atoms with Crippen LogP contribution in [0.4, 0.5) is 0 Å². The molecule has 0 rings (SSSR count). The van der Waals surface area contributed by atoms with Gasteiger partial charge in [0.1, 0.15) is 0 Å². The normalized spacial score (nSPS) is 9.91. The summed E-state index contributed by atoms with van der Waals surface area (Å²) in [5, 5.41) is 0. The molecule has 0 spiro atoms. The number of unbranched alkanes of at least 4 members (excludes halogenated alkanes) is 3. The van der Waals surface area contributed by atoms with Gasteiger partial charge >= 0.3 is 0 Å². The van der Waals surface area contributed by atoms with E-state index in [9.17, 15) is 0 Å². The highest BCUT2D eigenvalue weighted by Gasteiger charge is 1.86. The highest BCUT2D eigenvalue weighted by atomic mass is 16.6. The predicted molar refractivity (Wildman–Crippen MR) is 48.3 cm³/mol. The van der Waals surface area contributed by atoms with Crippen LogP contribution >= 0.6 is 0 Å². The average Bonchev–Trinajstić information content (AvgIpc) is 2.03. The molecule has 0 fully saturated rings. The fraction of sp³-hybridized carbons (Fsp3) is 0.778. The third-order valence-corrected chi connectivity index (χ3v) is 1.43. The zero-order valence-corrected chi connectivity index (χ0v) is 7.44. The standard InChI is InChI=1S/C9H19NO/c1-3-5-6-7-8-9-10-11-4-2/h3,10H,1,4-9H2,2H3. The summed E-state index contributed by atoms with van der Waals surface area (Å²) in [5.41, 5.74) is 2.89. The summed E-state index contributed by atoms with van der Waals surface area (Å²) in [6.45, 7) is 7.35. The van der Waals surface area contributed by atoms with Crippen LogP contribution in [0.1, 0.15) is 32.6 Å². The molecule has 1 N–H and O–H groups in total. The Bertz CT molecular complexity index is 83.6. The molecular weight excluding hydrogens is 138 g/mol. The summed E-state index contributed by atoms with van der Waals surface area (Å²) in [4.78, 5) is 4.97. The van der Waals surface area contributed by atoms with Gasteiger partial charge in [-0.05, 0) is 26.2 Å². The van der Waals surface area contributed by atoms with Crippen molar-refractivity contribution in [2.24, 2.45) is 0 Å². The largest absolute Gasteiger partial charge is 0.302 e. The SMILES string of the molecule is C=CCCCCCNOCC. The molecule has 0 radical (unpaired) electrons. The quantitative estimate of drug-likeness (QED) is 0.331. The fourth-order valence-corrected chi connectivity index (χ4v) is 0.837. The van der Waals surface area contributed by atoms with E-state index >= 15 is 0 Å². The van der Waals surface area contributed by atoms with Gasteiger partial charge in [-0.15, -0.1) is 6.58 Å². The minimum atomic E-state index is 0.743. The monoisotopic (exact) mass is 157 g/mol. The number of hydroxylamine groups is 1. The number of allylic oxidation sites excluding steroid dienone is 1. The summed E-state index contributed by atoms with van der Waals surface area (Å²) >= 11 is 0. The minimum Gasteiger partial charge on any atom is -0.302 e. The van der Waals surface area contributed by atoms with Gasteiger partial charge in [-0.2, -0.15) is 0 Å². The van der Waals surface area contributed by atoms with Crippen molar-refractivity contribution in [3.8, 4) is 0 Å². The van der Waals surface area contributed by atoms with E-state index in [0.29, 0.717) is 0 Å². The summed E-state index contributed by atoms with van der Waals surface area (Å²) in [7, 11) is 0. The summed E-state index contributed by atoms with van der Waals surface area (Å²) in [6, 6.07) is 0. The van der Waals surface area contributed by atoms with E-state index < -0.39 is 0 Å². The summed E-state index contributed by atoms with van der Waals surface area (Å²) < 4.78 is 0. The van der Waals surface area contributed by atoms with Crippen molar-refractivity contribution in [2.45, 2.75) is 32.6 Å². The van der Waals surface area contributed by atoms with Gasteiger partial charge < -0.3 is 4.84 Å². The van der Waals surface area contributed by atoms with E-state index in [1.165, 1.54) is 19.3 Å². The molecule has 0 aliphatic heterocycles. The lowest BCUT2D eigenvalue weighted by Crippen LogP contribution is -2.15. The maximum absolute atomic E-state index is 4.97. The predicted octanol–water partition coefficient (Wildman–Crippen LogP) is 2.27. The molecule has 0 bridgehead atoms. The fourth-order valence-electron chi connectivity index (χ4n) is 0.837. The second-order valence-electron chi connectivity index (χ2n) is 2.47. The molecule has 0 aliphatic carbocycles. The van der Waals surface area contributed by atoms with E-state index in [0.717, 1.165) is 19.6 Å². The Kier molecular flexibility index (Phi) is 9.36. The molecule has 2 heteroatoms. The first-order valence-corrected chi connectivity index (χ1v) is 4.37. The molecule has 2 nitrogen and oxygen atoms in total. The summed E-state index contributed by atoms with van der Waals surface area (Å²) in [5.74, 6) is 0. The lowest BCUT2D eigenvalue weighted by atomic mass is 10.2. The molecule has 0 amide bonds. The number of rotatable bonds is 8. The van der Waals surface area contributed by atoms with Crippen molar-refractivity contribution in [3.63, 3.8) is 0 Å². The molecular formula is C9H19NO. The Balaban J connectivity index is 2.74. The molecule has 11 heavy (non-hydrogen) atoms. The molecule has 0 aromatic heterocycles. The smallest absolute Gasteiger partial charge is 0.0653 e. The zero-order valence-electron chi connectivity index (χ0n) is 7.44. The second-order valence-corrected chi connectivity index (χ2v) is 2.47. The molecule has 0 heterocycles. The molecule has 0 unspecified atom stereocenters. The third-order valence-electron chi connectivity index (χ3n) is 1.43. The van der Waals surface area contributed by atoms with Crippen molar-refractivity contribution in [2.75, 3.05) is 13.2 Å². The molecule has 0 saturated heterocycles. The number of nitrogens with one attached hydrogen (secondary N) is 1. The van der Waals surface area contributed by atoms with Crippen LogP contribution in [0.3, 0.4) is 0 Å². The highest BCUT2D eigenvalue weighted by molar-refractivity contribution is 4.65. The van der Waals surface area contributed by atoms with Crippen molar-refractivity contribution in [3.05, 3.63) is 12.7 Å². The Morgan fingerprint density at radius 3 is 2.82 bits per heavy atom. The van der Waals surface area contributed by atoms with E-state index in [2.05, 4.69) is 12.1 Å². The summed E-state index contributed by atoms with van der Waals surface area (Å²) in [6.07, 6.45) is 6.79. The van der Waals surface area contributed by atoms with Crippen LogP contribution in [-0.4, -0.2) is 13.2 Å². The van der Waals surface area contributed by atoms with Gasteiger partial charge in [0.05, 0.1) is 6.61 Å². The maximum Gasteiger partial charge on any atom is 0.0653 e. The van der Waals surface area contributed by atoms with Crippen LogP contribution in [0, 0.1) is 0 Å². The average molecular weight is 157 g/mol. The first-order valence-electron chi connectivity index (χ1n) is 4.37. The Morgan fingerprint density at radius 1 is 1.36 bits per heavy atom. The third kappa shape index (κ3) is 9.66. The lowest BCUT2D eigenvalue weighted by Gasteiger charge is -2.01. The molecule has 0 aromatic rings. The van der Waals surface area contributed by atoms with Crippen LogP contribution in [-0.2, 0) is 4.84 Å². The molecule has 0 aromatic carbocycles. The molecule has 66 valence electrons. The lowest BCUT2D eigenvalue weighted by molar-refractivity contribution is 0.0501. The van der Waals surface area contributed by atoms with Crippen LogP contribution in [0.5, 0.6) is 0 Å². The number of hydrogen-bond donors (Lipinski definition) is 1. The highest BCUT2D eigenvalue weighted by Crippen LogP contribution is 1.98. The molecule has 0 atom stereocenters. The van der Waals surface area contributed by atoms with Gasteiger partial charge in [-0.3, -0.25) is 0 Å². The number of hydrogen-bond acceptors (Lipinski definition) is 2. The topological polar surface area (TPSA) is 21.3 Å². The zero-order chi connectivity index (χ0) is 8.36. The van der Waals surface area contributed by atoms with Crippen molar-refractivity contribution in [1.29, 1.82) is 0 Å². The van der Waals surface area contributed by atoms with Crippen LogP contribution in [0.2, 0.25) is 0 Å². The molecule has 0 saturated carbocycles. The first kappa shape index (κ1) is 10.7. The van der Waals surface area contributed by atoms with Gasteiger partial charge in [0.25, 0.3) is 0 Å². The van der Waals surface area contributed by atoms with Gasteiger partial charge in [0, 0.05) is 6.54 Å². The van der Waals surface area contributed by atoms with Crippen LogP contribution < -0.4 is 5.48 Å². The maximum atomic E-state index is 4.97. The van der Waals surface area contributed by atoms with Crippen LogP contribution in [0.25, 0.3) is 0 Å². The van der Waals surface area contributed by atoms with Gasteiger partial charge in [-0.1, -0.05) is 12.5 Å². The van der Waals surface area contributed by atoms with Gasteiger partial charge in [0.15, 0.2) is 0 Å². The van der Waals surface area contributed by atoms with E-state index in [1.807, 2.05) is 13.0 Å².